The summed E-state index contributed by atoms with van der Waals surface area (Å²) in [6, 6.07) is 22.1. The second-order valence-corrected chi connectivity index (χ2v) is 13.4. The van der Waals surface area contributed by atoms with Crippen LogP contribution in [0.3, 0.4) is 0 Å². The molecule has 1 atom stereocenters. The van der Waals surface area contributed by atoms with E-state index in [1.54, 1.807) is 49.4 Å². The van der Waals surface area contributed by atoms with Gasteiger partial charge in [-0.15, -0.1) is 0 Å². The smallest absolute Gasteiger partial charge is 0.264 e. The van der Waals surface area contributed by atoms with Gasteiger partial charge in [0.1, 0.15) is 12.6 Å². The minimum atomic E-state index is -4.06. The number of aryl methyl sites for hydroxylation is 1. The Balaban J connectivity index is 1.67. The van der Waals surface area contributed by atoms with Crippen LogP contribution in [-0.4, -0.2) is 43.8 Å². The highest BCUT2D eigenvalue weighted by atomic mass is 127. The lowest BCUT2D eigenvalue weighted by atomic mass is 9.95. The van der Waals surface area contributed by atoms with E-state index in [0.29, 0.717) is 5.69 Å². The zero-order chi connectivity index (χ0) is 28.7. The number of anilines is 1. The Morgan fingerprint density at radius 1 is 0.925 bits per heavy atom. The number of sulfonamides is 1. The number of nitrogens with one attached hydrogen (secondary N) is 1. The molecule has 1 fully saturated rings. The topological polar surface area (TPSA) is 86.8 Å². The Morgan fingerprint density at radius 3 is 2.20 bits per heavy atom. The molecule has 1 aliphatic carbocycles. The average molecular weight is 674 g/mol. The maximum atomic E-state index is 14.1. The van der Waals surface area contributed by atoms with Crippen molar-refractivity contribution in [1.82, 2.24) is 10.2 Å². The van der Waals surface area contributed by atoms with E-state index in [1.165, 1.54) is 23.5 Å². The van der Waals surface area contributed by atoms with Gasteiger partial charge in [-0.2, -0.15) is 0 Å². The van der Waals surface area contributed by atoms with Gasteiger partial charge in [-0.1, -0.05) is 61.7 Å². The highest BCUT2D eigenvalue weighted by Gasteiger charge is 2.33. The Labute approximate surface area is 251 Å². The lowest BCUT2D eigenvalue weighted by Crippen LogP contribution is -2.53. The van der Waals surface area contributed by atoms with Gasteiger partial charge < -0.3 is 10.2 Å². The fourth-order valence-electron chi connectivity index (χ4n) is 4.98. The van der Waals surface area contributed by atoms with Crippen molar-refractivity contribution in [3.63, 3.8) is 0 Å². The Kier molecular flexibility index (Phi) is 10.2. The molecular formula is C31H36IN3O4S. The fourth-order valence-corrected chi connectivity index (χ4v) is 6.77. The number of nitrogens with zero attached hydrogens (tertiary/aromatic N) is 2. The summed E-state index contributed by atoms with van der Waals surface area (Å²) < 4.78 is 29.7. The first-order valence-electron chi connectivity index (χ1n) is 13.6. The van der Waals surface area contributed by atoms with Crippen LogP contribution in [0.15, 0.2) is 83.8 Å². The van der Waals surface area contributed by atoms with Crippen molar-refractivity contribution in [3.8, 4) is 0 Å². The molecule has 212 valence electrons. The van der Waals surface area contributed by atoms with Crippen LogP contribution < -0.4 is 9.62 Å². The standard InChI is InChI=1S/C31H36IN3O4S/c1-23-11-9-10-12-25(23)21-34(24(2)31(37)33-27-13-5-3-6-14-27)30(36)22-35(28-19-17-26(32)18-20-28)40(38,39)29-15-7-4-8-16-29/h4,7-12,15-20,24,27H,3,5-6,13-14,21-22H2,1-2H3,(H,33,37). The van der Waals surface area contributed by atoms with Crippen LogP contribution in [-0.2, 0) is 26.2 Å². The molecule has 3 aromatic rings. The SMILES string of the molecule is Cc1ccccc1CN(C(=O)CN(c1ccc(I)cc1)S(=O)(=O)c1ccccc1)C(C)C(=O)NC1CCCCC1. The molecule has 0 aromatic heterocycles. The van der Waals surface area contributed by atoms with Gasteiger partial charge in [-0.05, 0) is 96.8 Å². The number of amides is 2. The van der Waals surface area contributed by atoms with E-state index in [4.69, 9.17) is 0 Å². The zero-order valence-corrected chi connectivity index (χ0v) is 25.9. The number of carbonyl (C=O) groups excluding carboxylic acids is 2. The summed E-state index contributed by atoms with van der Waals surface area (Å²) in [6.45, 7) is 3.43. The van der Waals surface area contributed by atoms with Crippen molar-refractivity contribution in [2.24, 2.45) is 0 Å². The first-order chi connectivity index (χ1) is 19.2. The van der Waals surface area contributed by atoms with Crippen LogP contribution in [0.1, 0.15) is 50.2 Å². The van der Waals surface area contributed by atoms with Gasteiger partial charge in [-0.3, -0.25) is 13.9 Å². The average Bonchev–Trinajstić information content (AvgIpc) is 2.96. The third-order valence-corrected chi connectivity index (χ3v) is 9.95. The number of hydrogen-bond acceptors (Lipinski definition) is 4. The van der Waals surface area contributed by atoms with Gasteiger partial charge in [-0.25, -0.2) is 8.42 Å². The van der Waals surface area contributed by atoms with Crippen LogP contribution in [0.4, 0.5) is 5.69 Å². The molecule has 0 heterocycles. The van der Waals surface area contributed by atoms with Gasteiger partial charge in [0.25, 0.3) is 10.0 Å². The molecule has 1 saturated carbocycles. The summed E-state index contributed by atoms with van der Waals surface area (Å²) >= 11 is 2.15. The van der Waals surface area contributed by atoms with Crippen LogP contribution in [0.25, 0.3) is 0 Å². The largest absolute Gasteiger partial charge is 0.352 e. The molecule has 0 spiro atoms. The van der Waals surface area contributed by atoms with Gasteiger partial charge in [0.2, 0.25) is 11.8 Å². The molecule has 7 nitrogen and oxygen atoms in total. The van der Waals surface area contributed by atoms with Crippen molar-refractivity contribution in [2.75, 3.05) is 10.8 Å². The molecule has 2 amide bonds. The predicted molar refractivity (Wildman–Crippen MR) is 166 cm³/mol. The molecule has 1 aliphatic rings. The van der Waals surface area contributed by atoms with Gasteiger partial charge in [0, 0.05) is 16.2 Å². The highest BCUT2D eigenvalue weighted by molar-refractivity contribution is 14.1. The summed E-state index contributed by atoms with van der Waals surface area (Å²) in [4.78, 5) is 29.1. The zero-order valence-electron chi connectivity index (χ0n) is 22.9. The maximum Gasteiger partial charge on any atom is 0.264 e. The van der Waals surface area contributed by atoms with Crippen molar-refractivity contribution >= 4 is 50.1 Å². The molecule has 0 aliphatic heterocycles. The second-order valence-electron chi connectivity index (χ2n) is 10.3. The van der Waals surface area contributed by atoms with E-state index in [-0.39, 0.29) is 23.4 Å². The summed E-state index contributed by atoms with van der Waals surface area (Å²) in [6.07, 6.45) is 5.19. The fraction of sp³-hybridized carbons (Fsp3) is 0.355. The number of carbonyl (C=O) groups is 2. The lowest BCUT2D eigenvalue weighted by molar-refractivity contribution is -0.139. The summed E-state index contributed by atoms with van der Waals surface area (Å²) in [5.74, 6) is -0.673. The highest BCUT2D eigenvalue weighted by Crippen LogP contribution is 2.26. The van der Waals surface area contributed by atoms with Crippen molar-refractivity contribution in [3.05, 3.63) is 93.6 Å². The molecule has 3 aromatic carbocycles. The quantitative estimate of drug-likeness (QED) is 0.282. The Bertz CT molecular complexity index is 1410. The molecule has 1 unspecified atom stereocenters. The van der Waals surface area contributed by atoms with E-state index < -0.39 is 28.5 Å². The molecule has 9 heteroatoms. The second kappa shape index (κ2) is 13.6. The maximum absolute atomic E-state index is 14.1. The van der Waals surface area contributed by atoms with Crippen molar-refractivity contribution in [1.29, 1.82) is 0 Å². The van der Waals surface area contributed by atoms with Crippen molar-refractivity contribution in [2.45, 2.75) is 69.5 Å². The van der Waals surface area contributed by atoms with E-state index in [1.807, 2.05) is 31.2 Å². The van der Waals surface area contributed by atoms with Crippen LogP contribution in [0.2, 0.25) is 0 Å². The number of benzene rings is 3. The predicted octanol–water partition coefficient (Wildman–Crippen LogP) is 5.66. The van der Waals surface area contributed by atoms with E-state index in [2.05, 4.69) is 27.9 Å². The normalized spacial score (nSPS) is 14.8. The number of halogens is 1. The van der Waals surface area contributed by atoms with Gasteiger partial charge in [0.15, 0.2) is 0 Å². The van der Waals surface area contributed by atoms with E-state index >= 15 is 0 Å². The van der Waals surface area contributed by atoms with Gasteiger partial charge in [0.05, 0.1) is 10.6 Å². The molecule has 4 rings (SSSR count). The van der Waals surface area contributed by atoms with Crippen LogP contribution in [0, 0.1) is 10.5 Å². The number of rotatable bonds is 10. The molecular weight excluding hydrogens is 637 g/mol. The molecule has 0 bridgehead atoms. The third kappa shape index (κ3) is 7.42. The van der Waals surface area contributed by atoms with Crippen molar-refractivity contribution < 1.29 is 18.0 Å². The monoisotopic (exact) mass is 673 g/mol. The summed E-state index contributed by atoms with van der Waals surface area (Å²) in [5, 5.41) is 3.14. The Morgan fingerprint density at radius 2 is 1.55 bits per heavy atom. The van der Waals surface area contributed by atoms with Crippen LogP contribution in [0.5, 0.6) is 0 Å². The third-order valence-electron chi connectivity index (χ3n) is 7.45. The van der Waals surface area contributed by atoms with Crippen LogP contribution >= 0.6 is 22.6 Å². The molecule has 0 saturated heterocycles. The minimum Gasteiger partial charge on any atom is -0.352 e. The van der Waals surface area contributed by atoms with Gasteiger partial charge >= 0.3 is 0 Å². The summed E-state index contributed by atoms with van der Waals surface area (Å²) in [5.41, 5.74) is 2.28. The summed E-state index contributed by atoms with van der Waals surface area (Å²) in [7, 11) is -4.06. The first-order valence-corrected chi connectivity index (χ1v) is 16.2. The Hall–Kier alpha value is -2.92. The molecule has 0 radical (unpaired) electrons. The van der Waals surface area contributed by atoms with E-state index in [9.17, 15) is 18.0 Å². The molecule has 1 N–H and O–H groups in total. The number of hydrogen-bond donors (Lipinski definition) is 1. The first kappa shape index (κ1) is 30.0. The van der Waals surface area contributed by atoms with E-state index in [0.717, 1.165) is 44.7 Å². The lowest BCUT2D eigenvalue weighted by Gasteiger charge is -2.33. The molecule has 40 heavy (non-hydrogen) atoms. The minimum absolute atomic E-state index is 0.0925.